The summed E-state index contributed by atoms with van der Waals surface area (Å²) in [6, 6.07) is 6.92. The summed E-state index contributed by atoms with van der Waals surface area (Å²) in [5.74, 6) is -0.498. The van der Waals surface area contributed by atoms with Crippen molar-refractivity contribution in [3.63, 3.8) is 0 Å². The summed E-state index contributed by atoms with van der Waals surface area (Å²) in [4.78, 5) is 13.4. The number of rotatable bonds is 4. The minimum absolute atomic E-state index is 0.329. The Labute approximate surface area is 115 Å². The number of carbonyl (C=O) groups is 1. The van der Waals surface area contributed by atoms with Crippen molar-refractivity contribution in [2.24, 2.45) is 5.92 Å². The van der Waals surface area contributed by atoms with Crippen LogP contribution in [0.1, 0.15) is 44.7 Å². The number of anilines is 1. The van der Waals surface area contributed by atoms with Crippen molar-refractivity contribution >= 4 is 11.7 Å². The second kappa shape index (κ2) is 5.24. The average Bonchev–Trinajstić information content (AvgIpc) is 2.66. The van der Waals surface area contributed by atoms with Gasteiger partial charge in [-0.25, -0.2) is 0 Å². The van der Waals surface area contributed by atoms with Gasteiger partial charge < -0.3 is 10.0 Å². The molecule has 2 rings (SSSR count). The predicted molar refractivity (Wildman–Crippen MR) is 77.8 cm³/mol. The van der Waals surface area contributed by atoms with Gasteiger partial charge in [0, 0.05) is 24.2 Å². The maximum atomic E-state index is 11.0. The molecule has 0 spiro atoms. The summed E-state index contributed by atoms with van der Waals surface area (Å²) >= 11 is 0. The minimum atomic E-state index is -0.727. The number of benzene rings is 1. The summed E-state index contributed by atoms with van der Waals surface area (Å²) in [6.07, 6.45) is 0.600. The topological polar surface area (TPSA) is 40.5 Å². The monoisotopic (exact) mass is 261 g/mol. The zero-order valence-electron chi connectivity index (χ0n) is 12.2. The van der Waals surface area contributed by atoms with Crippen LogP contribution in [0, 0.1) is 5.92 Å². The van der Waals surface area contributed by atoms with Crippen molar-refractivity contribution in [2.45, 2.75) is 46.1 Å². The molecule has 0 bridgehead atoms. The molecule has 104 valence electrons. The molecule has 1 aromatic carbocycles. The normalized spacial score (nSPS) is 19.6. The zero-order valence-corrected chi connectivity index (χ0v) is 12.2. The molecule has 0 aliphatic carbocycles. The lowest BCUT2D eigenvalue weighted by molar-refractivity contribution is -0.141. The maximum Gasteiger partial charge on any atom is 0.306 e. The Bertz CT molecular complexity index is 482. The molecule has 0 aromatic heterocycles. The van der Waals surface area contributed by atoms with Gasteiger partial charge in [-0.1, -0.05) is 26.0 Å². The molecular weight excluding hydrogens is 238 g/mol. The number of nitrogens with zero attached hydrogens (tertiary/aromatic N) is 1. The van der Waals surface area contributed by atoms with Gasteiger partial charge in [-0.2, -0.15) is 0 Å². The fourth-order valence-corrected chi connectivity index (χ4v) is 2.80. The fraction of sp³-hybridized carbons (Fsp3) is 0.562. The quantitative estimate of drug-likeness (QED) is 0.904. The molecule has 0 amide bonds. The van der Waals surface area contributed by atoms with E-state index in [1.807, 2.05) is 0 Å². The van der Waals surface area contributed by atoms with Gasteiger partial charge in [-0.3, -0.25) is 4.79 Å². The van der Waals surface area contributed by atoms with Gasteiger partial charge in [-0.15, -0.1) is 0 Å². The summed E-state index contributed by atoms with van der Waals surface area (Å²) in [5, 5.41) is 9.01. The van der Waals surface area contributed by atoms with Gasteiger partial charge in [0.2, 0.25) is 0 Å². The smallest absolute Gasteiger partial charge is 0.306 e. The van der Waals surface area contributed by atoms with Crippen LogP contribution < -0.4 is 4.90 Å². The molecule has 0 saturated carbocycles. The van der Waals surface area contributed by atoms with Crippen LogP contribution in [-0.2, 0) is 11.2 Å². The molecule has 19 heavy (non-hydrogen) atoms. The highest BCUT2D eigenvalue weighted by atomic mass is 16.4. The highest BCUT2D eigenvalue weighted by Gasteiger charge is 2.27. The Morgan fingerprint density at radius 1 is 1.42 bits per heavy atom. The van der Waals surface area contributed by atoms with Crippen LogP contribution in [0.25, 0.3) is 0 Å². The van der Waals surface area contributed by atoms with Gasteiger partial charge >= 0.3 is 5.97 Å². The number of carboxylic acids is 1. The van der Waals surface area contributed by atoms with E-state index in [1.54, 1.807) is 6.92 Å². The molecule has 1 aromatic rings. The Morgan fingerprint density at radius 3 is 2.68 bits per heavy atom. The van der Waals surface area contributed by atoms with Crippen LogP contribution in [0.2, 0.25) is 0 Å². The third kappa shape index (κ3) is 2.75. The molecular formula is C16H23NO2. The first-order chi connectivity index (χ1) is 8.90. The Morgan fingerprint density at radius 2 is 2.11 bits per heavy atom. The summed E-state index contributed by atoms with van der Waals surface area (Å²) in [7, 11) is 0. The Balaban J connectivity index is 2.27. The van der Waals surface area contributed by atoms with Gasteiger partial charge in [0.1, 0.15) is 0 Å². The predicted octanol–water partition coefficient (Wildman–Crippen LogP) is 3.28. The SMILES string of the molecule is CC(Cc1ccc2c(c1)N(C(C)C)CC2C)C(=O)O. The molecule has 3 heteroatoms. The molecule has 0 fully saturated rings. The highest BCUT2D eigenvalue weighted by molar-refractivity contribution is 5.70. The van der Waals surface area contributed by atoms with Crippen molar-refractivity contribution < 1.29 is 9.90 Å². The van der Waals surface area contributed by atoms with Crippen molar-refractivity contribution in [3.8, 4) is 0 Å². The van der Waals surface area contributed by atoms with Crippen molar-refractivity contribution in [3.05, 3.63) is 29.3 Å². The average molecular weight is 261 g/mol. The van der Waals surface area contributed by atoms with Crippen LogP contribution in [0.15, 0.2) is 18.2 Å². The van der Waals surface area contributed by atoms with Crippen LogP contribution in [0.4, 0.5) is 5.69 Å². The maximum absolute atomic E-state index is 11.0. The Hall–Kier alpha value is -1.51. The van der Waals surface area contributed by atoms with Crippen molar-refractivity contribution in [1.29, 1.82) is 0 Å². The standard InChI is InChI=1S/C16H23NO2/c1-10(2)17-9-12(4)14-6-5-13(8-15(14)17)7-11(3)16(18)19/h5-6,8,10-12H,7,9H2,1-4H3,(H,18,19). The number of aliphatic carboxylic acids is 1. The molecule has 0 radical (unpaired) electrons. The van der Waals surface area contributed by atoms with E-state index in [9.17, 15) is 4.79 Å². The van der Waals surface area contributed by atoms with Gasteiger partial charge in [0.05, 0.1) is 5.92 Å². The van der Waals surface area contributed by atoms with E-state index >= 15 is 0 Å². The number of fused-ring (bicyclic) bond motifs is 1. The first-order valence-corrected chi connectivity index (χ1v) is 7.02. The number of hydrogen-bond donors (Lipinski definition) is 1. The molecule has 3 nitrogen and oxygen atoms in total. The fourth-order valence-electron chi connectivity index (χ4n) is 2.80. The molecule has 1 N–H and O–H groups in total. The summed E-state index contributed by atoms with van der Waals surface area (Å²) in [6.45, 7) is 9.48. The third-order valence-electron chi connectivity index (χ3n) is 3.99. The largest absolute Gasteiger partial charge is 0.481 e. The van der Waals surface area contributed by atoms with E-state index in [4.69, 9.17) is 5.11 Å². The van der Waals surface area contributed by atoms with Crippen LogP contribution in [0.5, 0.6) is 0 Å². The lowest BCUT2D eigenvalue weighted by Gasteiger charge is -2.24. The van der Waals surface area contributed by atoms with E-state index in [-0.39, 0.29) is 5.92 Å². The molecule has 1 aliphatic heterocycles. The van der Waals surface area contributed by atoms with Gasteiger partial charge in [0.15, 0.2) is 0 Å². The molecule has 2 unspecified atom stereocenters. The van der Waals surface area contributed by atoms with E-state index < -0.39 is 5.97 Å². The number of carboxylic acid groups (broad SMARTS) is 1. The van der Waals surface area contributed by atoms with E-state index in [2.05, 4.69) is 43.9 Å². The van der Waals surface area contributed by atoms with E-state index in [0.29, 0.717) is 18.4 Å². The van der Waals surface area contributed by atoms with Crippen LogP contribution >= 0.6 is 0 Å². The van der Waals surface area contributed by atoms with Crippen LogP contribution in [-0.4, -0.2) is 23.7 Å². The molecule has 1 aliphatic rings. The van der Waals surface area contributed by atoms with E-state index in [0.717, 1.165) is 12.1 Å². The lowest BCUT2D eigenvalue weighted by atomic mass is 9.97. The van der Waals surface area contributed by atoms with Crippen molar-refractivity contribution in [1.82, 2.24) is 0 Å². The minimum Gasteiger partial charge on any atom is -0.481 e. The first kappa shape index (κ1) is 13.9. The van der Waals surface area contributed by atoms with E-state index in [1.165, 1.54) is 11.3 Å². The van der Waals surface area contributed by atoms with Gasteiger partial charge in [-0.05, 0) is 37.5 Å². The summed E-state index contributed by atoms with van der Waals surface area (Å²) < 4.78 is 0. The summed E-state index contributed by atoms with van der Waals surface area (Å²) in [5.41, 5.74) is 3.80. The Kier molecular flexibility index (Phi) is 3.83. The van der Waals surface area contributed by atoms with Crippen LogP contribution in [0.3, 0.4) is 0 Å². The third-order valence-corrected chi connectivity index (χ3v) is 3.99. The first-order valence-electron chi connectivity index (χ1n) is 7.02. The molecule has 1 heterocycles. The molecule has 0 saturated heterocycles. The zero-order chi connectivity index (χ0) is 14.2. The number of hydrogen-bond acceptors (Lipinski definition) is 2. The lowest BCUT2D eigenvalue weighted by Crippen LogP contribution is -2.29. The highest BCUT2D eigenvalue weighted by Crippen LogP contribution is 2.38. The van der Waals surface area contributed by atoms with Gasteiger partial charge in [0.25, 0.3) is 0 Å². The second-order valence-corrected chi connectivity index (χ2v) is 5.98. The molecule has 2 atom stereocenters. The second-order valence-electron chi connectivity index (χ2n) is 5.98. The van der Waals surface area contributed by atoms with Crippen molar-refractivity contribution in [2.75, 3.05) is 11.4 Å².